The van der Waals surface area contributed by atoms with Gasteiger partial charge in [-0.3, -0.25) is 4.79 Å². The third kappa shape index (κ3) is 7.65. The van der Waals surface area contributed by atoms with Gasteiger partial charge in [-0.05, 0) is 45.4 Å². The predicted octanol–water partition coefficient (Wildman–Crippen LogP) is 4.17. The zero-order valence-corrected chi connectivity index (χ0v) is 11.8. The molecule has 1 rings (SSSR count). The second-order valence-electron chi connectivity index (χ2n) is 5.88. The third-order valence-corrected chi connectivity index (χ3v) is 3.66. The van der Waals surface area contributed by atoms with E-state index in [0.29, 0.717) is 12.8 Å². The van der Waals surface area contributed by atoms with Gasteiger partial charge in [-0.15, -0.1) is 0 Å². The maximum absolute atomic E-state index is 11.8. The van der Waals surface area contributed by atoms with Crippen LogP contribution in [0.2, 0.25) is 0 Å². The van der Waals surface area contributed by atoms with Gasteiger partial charge in [-0.2, -0.15) is 0 Å². The number of allylic oxidation sites excluding steroid dienone is 2. The van der Waals surface area contributed by atoms with Gasteiger partial charge >= 0.3 is 0 Å². The molecule has 0 radical (unpaired) electrons. The van der Waals surface area contributed by atoms with Gasteiger partial charge in [0.05, 0.1) is 5.60 Å². The van der Waals surface area contributed by atoms with Crippen molar-refractivity contribution in [2.45, 2.75) is 83.2 Å². The van der Waals surface area contributed by atoms with Crippen molar-refractivity contribution in [2.75, 3.05) is 0 Å². The van der Waals surface area contributed by atoms with Crippen LogP contribution in [0.4, 0.5) is 0 Å². The van der Waals surface area contributed by atoms with E-state index in [1.54, 1.807) is 0 Å². The van der Waals surface area contributed by atoms with Gasteiger partial charge < -0.3 is 5.11 Å². The molecule has 0 amide bonds. The summed E-state index contributed by atoms with van der Waals surface area (Å²) in [6.45, 7) is 1.81. The number of aliphatic hydroxyl groups is 1. The SMILES string of the molecule is CC1(O)CCCCCC=CCCCCCC(=O)C1. The number of Topliss-reactive ketones (excluding diaryl/α,β-unsaturated/α-hetero) is 1. The lowest BCUT2D eigenvalue weighted by Gasteiger charge is -2.22. The molecule has 0 saturated heterocycles. The van der Waals surface area contributed by atoms with Crippen molar-refractivity contribution in [3.8, 4) is 0 Å². The molecule has 1 unspecified atom stereocenters. The van der Waals surface area contributed by atoms with Crippen LogP contribution in [-0.2, 0) is 4.79 Å². The Labute approximate surface area is 111 Å². The lowest BCUT2D eigenvalue weighted by Crippen LogP contribution is -2.27. The van der Waals surface area contributed by atoms with E-state index in [4.69, 9.17) is 0 Å². The predicted molar refractivity (Wildman–Crippen MR) is 75.6 cm³/mol. The van der Waals surface area contributed by atoms with Gasteiger partial charge in [0.15, 0.2) is 0 Å². The molecule has 18 heavy (non-hydrogen) atoms. The molecule has 2 heteroatoms. The Bertz CT molecular complexity index is 266. The molecule has 0 spiro atoms. The summed E-state index contributed by atoms with van der Waals surface area (Å²) < 4.78 is 0. The largest absolute Gasteiger partial charge is 0.390 e. The van der Waals surface area contributed by atoms with Gasteiger partial charge in [0.1, 0.15) is 5.78 Å². The minimum absolute atomic E-state index is 0.227. The molecule has 0 saturated carbocycles. The second-order valence-corrected chi connectivity index (χ2v) is 5.88. The Hall–Kier alpha value is -0.630. The summed E-state index contributed by atoms with van der Waals surface area (Å²) in [6, 6.07) is 0. The number of carbonyl (C=O) groups excluding carboxylic acids is 1. The van der Waals surface area contributed by atoms with Crippen molar-refractivity contribution in [1.82, 2.24) is 0 Å². The summed E-state index contributed by atoms with van der Waals surface area (Å²) in [6.07, 6.45) is 15.2. The number of hydrogen-bond acceptors (Lipinski definition) is 2. The highest BCUT2D eigenvalue weighted by atomic mass is 16.3. The maximum Gasteiger partial charge on any atom is 0.135 e. The van der Waals surface area contributed by atoms with E-state index in [9.17, 15) is 9.90 Å². The van der Waals surface area contributed by atoms with Gasteiger partial charge in [-0.25, -0.2) is 0 Å². The third-order valence-electron chi connectivity index (χ3n) is 3.66. The first-order valence-electron chi connectivity index (χ1n) is 7.49. The molecule has 0 aromatic heterocycles. The molecule has 1 N–H and O–H groups in total. The standard InChI is InChI=1S/C16H28O2/c1-16(18)13-11-9-7-5-3-2-4-6-8-10-12-15(17)14-16/h2-3,18H,4-14H2,1H3. The molecule has 1 aliphatic rings. The zero-order chi connectivity index (χ0) is 13.3. The van der Waals surface area contributed by atoms with Crippen LogP contribution < -0.4 is 0 Å². The first-order chi connectivity index (χ1) is 8.60. The topological polar surface area (TPSA) is 37.3 Å². The van der Waals surface area contributed by atoms with E-state index >= 15 is 0 Å². The Morgan fingerprint density at radius 1 is 1.00 bits per heavy atom. The summed E-state index contributed by atoms with van der Waals surface area (Å²) in [4.78, 5) is 11.8. The van der Waals surface area contributed by atoms with E-state index < -0.39 is 5.60 Å². The molecule has 2 nitrogen and oxygen atoms in total. The quantitative estimate of drug-likeness (QED) is 0.657. The normalized spacial score (nSPS) is 29.6. The highest BCUT2D eigenvalue weighted by molar-refractivity contribution is 5.79. The summed E-state index contributed by atoms with van der Waals surface area (Å²) >= 11 is 0. The number of carbonyl (C=O) groups is 1. The molecule has 104 valence electrons. The molecular weight excluding hydrogens is 224 g/mol. The lowest BCUT2D eigenvalue weighted by molar-refractivity contribution is -0.123. The summed E-state index contributed by atoms with van der Waals surface area (Å²) in [5.41, 5.74) is -0.785. The van der Waals surface area contributed by atoms with Crippen molar-refractivity contribution in [1.29, 1.82) is 0 Å². The van der Waals surface area contributed by atoms with Gasteiger partial charge in [0, 0.05) is 12.8 Å². The van der Waals surface area contributed by atoms with Crippen molar-refractivity contribution in [3.63, 3.8) is 0 Å². The average molecular weight is 252 g/mol. The Balaban J connectivity index is 2.41. The molecule has 1 atom stereocenters. The highest BCUT2D eigenvalue weighted by Gasteiger charge is 2.23. The van der Waals surface area contributed by atoms with E-state index in [1.807, 2.05) is 6.92 Å². The van der Waals surface area contributed by atoms with Crippen LogP contribution in [0.5, 0.6) is 0 Å². The van der Waals surface area contributed by atoms with Crippen LogP contribution in [0.15, 0.2) is 12.2 Å². The van der Waals surface area contributed by atoms with Crippen LogP contribution in [0.1, 0.15) is 77.6 Å². The van der Waals surface area contributed by atoms with Gasteiger partial charge in [-0.1, -0.05) is 31.4 Å². The average Bonchev–Trinajstić information content (AvgIpc) is 2.29. The monoisotopic (exact) mass is 252 g/mol. The number of ketones is 1. The van der Waals surface area contributed by atoms with Crippen LogP contribution in [0.25, 0.3) is 0 Å². The minimum Gasteiger partial charge on any atom is -0.390 e. The highest BCUT2D eigenvalue weighted by Crippen LogP contribution is 2.21. The molecule has 0 aliphatic heterocycles. The number of rotatable bonds is 0. The summed E-state index contributed by atoms with van der Waals surface area (Å²) in [5.74, 6) is 0.227. The van der Waals surface area contributed by atoms with Gasteiger partial charge in [0.2, 0.25) is 0 Å². The fourth-order valence-corrected chi connectivity index (χ4v) is 2.54. The van der Waals surface area contributed by atoms with Crippen LogP contribution >= 0.6 is 0 Å². The molecule has 0 heterocycles. The van der Waals surface area contributed by atoms with Gasteiger partial charge in [0.25, 0.3) is 0 Å². The Morgan fingerprint density at radius 2 is 1.61 bits per heavy atom. The first kappa shape index (κ1) is 15.4. The minimum atomic E-state index is -0.785. The maximum atomic E-state index is 11.8. The second kappa shape index (κ2) is 8.47. The summed E-state index contributed by atoms with van der Waals surface area (Å²) in [7, 11) is 0. The van der Waals surface area contributed by atoms with Crippen LogP contribution in [0, 0.1) is 0 Å². The van der Waals surface area contributed by atoms with E-state index in [0.717, 1.165) is 44.9 Å². The summed E-state index contributed by atoms with van der Waals surface area (Å²) in [5, 5.41) is 10.2. The fraction of sp³-hybridized carbons (Fsp3) is 0.812. The van der Waals surface area contributed by atoms with E-state index in [2.05, 4.69) is 12.2 Å². The number of hydrogen-bond donors (Lipinski definition) is 1. The Morgan fingerprint density at radius 3 is 2.28 bits per heavy atom. The van der Waals surface area contributed by atoms with Crippen molar-refractivity contribution in [2.24, 2.45) is 0 Å². The Kier molecular flexibility index (Phi) is 7.26. The van der Waals surface area contributed by atoms with Crippen LogP contribution in [0.3, 0.4) is 0 Å². The lowest BCUT2D eigenvalue weighted by atomic mass is 9.91. The van der Waals surface area contributed by atoms with E-state index in [1.165, 1.54) is 12.8 Å². The smallest absolute Gasteiger partial charge is 0.135 e. The molecule has 0 bridgehead atoms. The zero-order valence-electron chi connectivity index (χ0n) is 11.8. The van der Waals surface area contributed by atoms with Crippen molar-refractivity contribution < 1.29 is 9.90 Å². The molecule has 0 fully saturated rings. The van der Waals surface area contributed by atoms with Crippen molar-refractivity contribution >= 4 is 5.78 Å². The van der Waals surface area contributed by atoms with Crippen molar-refractivity contribution in [3.05, 3.63) is 12.2 Å². The molecule has 0 aromatic carbocycles. The first-order valence-corrected chi connectivity index (χ1v) is 7.49. The fourth-order valence-electron chi connectivity index (χ4n) is 2.54. The molecule has 1 aliphatic carbocycles. The molecule has 0 aromatic rings. The van der Waals surface area contributed by atoms with E-state index in [-0.39, 0.29) is 5.78 Å². The molecular formula is C16H28O2. The van der Waals surface area contributed by atoms with Crippen LogP contribution in [-0.4, -0.2) is 16.5 Å².